The lowest BCUT2D eigenvalue weighted by atomic mass is 9.48. The standard InChI is InChI=1S/C29H46O/c1-19(2)9-8-10-20(3)23-13-14-24-22-12-11-21-17-26(30)27(4,5)18-29(21,7)25(22)15-16-28(23,24)6/h14,19-21,23H,8-13,15-18H2,1-7H3/t20-,21+,23-,28-,29+/m1/s1. The van der Waals surface area contributed by atoms with E-state index in [1.807, 2.05) is 0 Å². The summed E-state index contributed by atoms with van der Waals surface area (Å²) >= 11 is 0. The second-order valence-electron chi connectivity index (χ2n) is 13.0. The Kier molecular flexibility index (Phi) is 5.68. The van der Waals surface area contributed by atoms with Gasteiger partial charge in [0.05, 0.1) is 0 Å². The average molecular weight is 411 g/mol. The smallest absolute Gasteiger partial charge is 0.138 e. The average Bonchev–Trinajstić information content (AvgIpc) is 2.99. The molecule has 168 valence electrons. The maximum Gasteiger partial charge on any atom is 0.138 e. The van der Waals surface area contributed by atoms with E-state index in [1.54, 1.807) is 16.7 Å². The normalized spacial score (nSPS) is 38.8. The summed E-state index contributed by atoms with van der Waals surface area (Å²) in [6.07, 6.45) is 15.0. The molecule has 30 heavy (non-hydrogen) atoms. The van der Waals surface area contributed by atoms with E-state index in [4.69, 9.17) is 0 Å². The molecule has 1 saturated carbocycles. The van der Waals surface area contributed by atoms with E-state index in [2.05, 4.69) is 54.5 Å². The Bertz CT molecular complexity index is 765. The lowest BCUT2D eigenvalue weighted by Crippen LogP contribution is -2.48. The minimum absolute atomic E-state index is 0.154. The molecular formula is C29H46O. The van der Waals surface area contributed by atoms with Crippen molar-refractivity contribution in [3.05, 3.63) is 22.8 Å². The van der Waals surface area contributed by atoms with Gasteiger partial charge in [-0.1, -0.05) is 79.4 Å². The Morgan fingerprint density at radius 1 is 1.03 bits per heavy atom. The number of ketones is 1. The van der Waals surface area contributed by atoms with Gasteiger partial charge >= 0.3 is 0 Å². The first-order chi connectivity index (χ1) is 14.0. The predicted molar refractivity (Wildman–Crippen MR) is 127 cm³/mol. The zero-order chi connectivity index (χ0) is 21.9. The van der Waals surface area contributed by atoms with Crippen molar-refractivity contribution in [1.29, 1.82) is 0 Å². The molecule has 1 fully saturated rings. The van der Waals surface area contributed by atoms with Crippen molar-refractivity contribution in [3.63, 3.8) is 0 Å². The maximum atomic E-state index is 12.7. The first-order valence-electron chi connectivity index (χ1n) is 13.0. The number of allylic oxidation sites excluding steroid dienone is 4. The largest absolute Gasteiger partial charge is 0.299 e. The van der Waals surface area contributed by atoms with Crippen LogP contribution in [0, 0.1) is 39.9 Å². The molecule has 0 unspecified atom stereocenters. The van der Waals surface area contributed by atoms with Gasteiger partial charge in [-0.05, 0) is 84.2 Å². The number of Topliss-reactive ketones (excluding diaryl/α,β-unsaturated/α-hetero) is 1. The van der Waals surface area contributed by atoms with Crippen molar-refractivity contribution in [2.45, 2.75) is 113 Å². The number of carbonyl (C=O) groups excluding carboxylic acids is 1. The molecule has 4 aliphatic rings. The Morgan fingerprint density at radius 3 is 2.47 bits per heavy atom. The van der Waals surface area contributed by atoms with Gasteiger partial charge in [0.15, 0.2) is 0 Å². The van der Waals surface area contributed by atoms with E-state index in [0.717, 1.165) is 30.6 Å². The van der Waals surface area contributed by atoms with E-state index in [1.165, 1.54) is 51.4 Å². The van der Waals surface area contributed by atoms with E-state index in [0.29, 0.717) is 17.1 Å². The first kappa shape index (κ1) is 22.3. The Hall–Kier alpha value is -0.850. The second-order valence-corrected chi connectivity index (χ2v) is 13.0. The summed E-state index contributed by atoms with van der Waals surface area (Å²) in [5.41, 5.74) is 5.71. The molecule has 0 N–H and O–H groups in total. The van der Waals surface area contributed by atoms with Crippen LogP contribution in [-0.2, 0) is 4.79 Å². The van der Waals surface area contributed by atoms with Gasteiger partial charge in [-0.25, -0.2) is 0 Å². The highest BCUT2D eigenvalue weighted by molar-refractivity contribution is 5.85. The Morgan fingerprint density at radius 2 is 1.77 bits per heavy atom. The lowest BCUT2D eigenvalue weighted by molar-refractivity contribution is -0.136. The fraction of sp³-hybridized carbons (Fsp3) is 0.828. The van der Waals surface area contributed by atoms with E-state index < -0.39 is 0 Å². The molecule has 0 aromatic carbocycles. The fourth-order valence-electron chi connectivity index (χ4n) is 8.23. The zero-order valence-electron chi connectivity index (χ0n) is 20.9. The third-order valence-corrected chi connectivity index (χ3v) is 10.1. The van der Waals surface area contributed by atoms with Gasteiger partial charge in [0.1, 0.15) is 5.78 Å². The summed E-state index contributed by atoms with van der Waals surface area (Å²) in [5, 5.41) is 0. The molecular weight excluding hydrogens is 364 g/mol. The molecule has 5 atom stereocenters. The Labute approximate surface area is 186 Å². The van der Waals surface area contributed by atoms with E-state index >= 15 is 0 Å². The summed E-state index contributed by atoms with van der Waals surface area (Å²) in [5.74, 6) is 3.56. The zero-order valence-corrected chi connectivity index (χ0v) is 20.9. The third-order valence-electron chi connectivity index (χ3n) is 10.1. The molecule has 1 nitrogen and oxygen atoms in total. The number of rotatable bonds is 5. The molecule has 0 aromatic heterocycles. The highest BCUT2D eigenvalue weighted by atomic mass is 16.1. The summed E-state index contributed by atoms with van der Waals surface area (Å²) in [6.45, 7) is 16.8. The molecule has 0 heterocycles. The topological polar surface area (TPSA) is 17.1 Å². The molecule has 0 amide bonds. The molecule has 0 aliphatic heterocycles. The van der Waals surface area contributed by atoms with E-state index in [-0.39, 0.29) is 10.8 Å². The van der Waals surface area contributed by atoms with Crippen LogP contribution in [-0.4, -0.2) is 5.78 Å². The van der Waals surface area contributed by atoms with Gasteiger partial charge in [0, 0.05) is 11.8 Å². The highest BCUT2D eigenvalue weighted by Gasteiger charge is 2.55. The lowest BCUT2D eigenvalue weighted by Gasteiger charge is -2.55. The minimum atomic E-state index is -0.154. The van der Waals surface area contributed by atoms with Crippen LogP contribution < -0.4 is 0 Å². The molecule has 4 aliphatic carbocycles. The van der Waals surface area contributed by atoms with Crippen LogP contribution >= 0.6 is 0 Å². The molecule has 0 spiro atoms. The molecule has 4 rings (SSSR count). The predicted octanol–water partition coefficient (Wildman–Crippen LogP) is 8.30. The van der Waals surface area contributed by atoms with Gasteiger partial charge in [0.2, 0.25) is 0 Å². The number of fused-ring (bicyclic) bond motifs is 4. The van der Waals surface area contributed by atoms with Crippen LogP contribution in [0.15, 0.2) is 22.8 Å². The maximum absolute atomic E-state index is 12.7. The number of hydrogen-bond donors (Lipinski definition) is 0. The molecule has 0 bridgehead atoms. The van der Waals surface area contributed by atoms with E-state index in [9.17, 15) is 4.79 Å². The summed E-state index contributed by atoms with van der Waals surface area (Å²) in [6, 6.07) is 0. The third kappa shape index (κ3) is 3.47. The van der Waals surface area contributed by atoms with Crippen molar-refractivity contribution in [2.75, 3.05) is 0 Å². The number of carbonyl (C=O) groups is 1. The quantitative estimate of drug-likeness (QED) is 0.445. The molecule has 0 radical (unpaired) electrons. The monoisotopic (exact) mass is 410 g/mol. The molecule has 0 aromatic rings. The van der Waals surface area contributed by atoms with Crippen LogP contribution in [0.3, 0.4) is 0 Å². The van der Waals surface area contributed by atoms with Crippen molar-refractivity contribution in [2.24, 2.45) is 39.9 Å². The SMILES string of the molecule is CC(C)CCC[C@@H](C)[C@H]1CC=C2C3=C(CC[C@@]21C)[C@@]1(C)CC(C)(C)C(=O)C[C@@H]1CC3. The van der Waals surface area contributed by atoms with Gasteiger partial charge < -0.3 is 0 Å². The minimum Gasteiger partial charge on any atom is -0.299 e. The molecule has 1 heteroatoms. The summed E-state index contributed by atoms with van der Waals surface area (Å²) < 4.78 is 0. The van der Waals surface area contributed by atoms with Gasteiger partial charge in [-0.2, -0.15) is 0 Å². The highest BCUT2D eigenvalue weighted by Crippen LogP contribution is 2.65. The van der Waals surface area contributed by atoms with Crippen LogP contribution in [0.5, 0.6) is 0 Å². The summed E-state index contributed by atoms with van der Waals surface area (Å²) in [7, 11) is 0. The first-order valence-corrected chi connectivity index (χ1v) is 13.0. The number of hydrogen-bond acceptors (Lipinski definition) is 1. The fourth-order valence-corrected chi connectivity index (χ4v) is 8.23. The summed E-state index contributed by atoms with van der Waals surface area (Å²) in [4.78, 5) is 12.7. The second kappa shape index (κ2) is 7.63. The van der Waals surface area contributed by atoms with Crippen LogP contribution in [0.25, 0.3) is 0 Å². The van der Waals surface area contributed by atoms with Crippen LogP contribution in [0.1, 0.15) is 113 Å². The van der Waals surface area contributed by atoms with Crippen LogP contribution in [0.4, 0.5) is 0 Å². The van der Waals surface area contributed by atoms with Crippen molar-refractivity contribution < 1.29 is 4.79 Å². The van der Waals surface area contributed by atoms with Crippen molar-refractivity contribution >= 4 is 5.78 Å². The van der Waals surface area contributed by atoms with Gasteiger partial charge in [0.25, 0.3) is 0 Å². The van der Waals surface area contributed by atoms with Gasteiger partial charge in [-0.3, -0.25) is 4.79 Å². The Balaban J connectivity index is 1.58. The van der Waals surface area contributed by atoms with Gasteiger partial charge in [-0.15, -0.1) is 0 Å². The van der Waals surface area contributed by atoms with Crippen molar-refractivity contribution in [3.8, 4) is 0 Å². The van der Waals surface area contributed by atoms with Crippen molar-refractivity contribution in [1.82, 2.24) is 0 Å². The molecule has 0 saturated heterocycles. The van der Waals surface area contributed by atoms with Crippen LogP contribution in [0.2, 0.25) is 0 Å².